The number of thioether (sulfide) groups is 1. The third-order valence-corrected chi connectivity index (χ3v) is 5.98. The molecule has 0 aliphatic carbocycles. The van der Waals surface area contributed by atoms with Gasteiger partial charge in [0.15, 0.2) is 11.0 Å². The van der Waals surface area contributed by atoms with E-state index in [9.17, 15) is 9.59 Å². The lowest BCUT2D eigenvalue weighted by molar-refractivity contribution is -0.113. The molecule has 2 aromatic carbocycles. The van der Waals surface area contributed by atoms with Gasteiger partial charge in [-0.3, -0.25) is 9.36 Å². The third-order valence-electron chi connectivity index (χ3n) is 5.01. The van der Waals surface area contributed by atoms with Gasteiger partial charge in [0.05, 0.1) is 17.9 Å². The van der Waals surface area contributed by atoms with Crippen molar-refractivity contribution < 1.29 is 19.1 Å². The maximum atomic E-state index is 12.6. The van der Waals surface area contributed by atoms with Crippen LogP contribution in [0.3, 0.4) is 0 Å². The molecule has 8 nitrogen and oxygen atoms in total. The van der Waals surface area contributed by atoms with Crippen LogP contribution < -0.4 is 10.1 Å². The van der Waals surface area contributed by atoms with Crippen LogP contribution in [0, 0.1) is 13.8 Å². The summed E-state index contributed by atoms with van der Waals surface area (Å²) in [5.41, 5.74) is 3.02. The molecular formula is C26H30N4O4S. The number of nitrogens with one attached hydrogen (secondary N) is 1. The van der Waals surface area contributed by atoms with Gasteiger partial charge in [0.2, 0.25) is 5.91 Å². The van der Waals surface area contributed by atoms with Crippen LogP contribution >= 0.6 is 11.8 Å². The van der Waals surface area contributed by atoms with Crippen molar-refractivity contribution in [1.82, 2.24) is 14.8 Å². The van der Waals surface area contributed by atoms with Crippen LogP contribution in [0.4, 0.5) is 5.69 Å². The summed E-state index contributed by atoms with van der Waals surface area (Å²) in [6, 6.07) is 12.7. The smallest absolute Gasteiger partial charge is 0.338 e. The van der Waals surface area contributed by atoms with Crippen LogP contribution in [0.15, 0.2) is 60.3 Å². The van der Waals surface area contributed by atoms with E-state index in [4.69, 9.17) is 9.47 Å². The number of carbonyl (C=O) groups is 2. The van der Waals surface area contributed by atoms with E-state index in [1.165, 1.54) is 11.8 Å². The molecule has 1 amide bonds. The van der Waals surface area contributed by atoms with Crippen LogP contribution in [0.2, 0.25) is 0 Å². The van der Waals surface area contributed by atoms with Crippen LogP contribution in [0.5, 0.6) is 5.75 Å². The molecule has 0 saturated heterocycles. The molecule has 1 N–H and O–H groups in total. The molecule has 0 saturated carbocycles. The van der Waals surface area contributed by atoms with Gasteiger partial charge in [-0.15, -0.1) is 16.8 Å². The monoisotopic (exact) mass is 494 g/mol. The van der Waals surface area contributed by atoms with E-state index in [0.29, 0.717) is 35.4 Å². The first-order valence-corrected chi connectivity index (χ1v) is 12.3. The van der Waals surface area contributed by atoms with Crippen LogP contribution in [0.1, 0.15) is 40.7 Å². The molecule has 0 fully saturated rings. The number of rotatable bonds is 12. The van der Waals surface area contributed by atoms with Crippen molar-refractivity contribution in [1.29, 1.82) is 0 Å². The van der Waals surface area contributed by atoms with E-state index >= 15 is 0 Å². The lowest BCUT2D eigenvalue weighted by Crippen LogP contribution is -2.15. The van der Waals surface area contributed by atoms with Gasteiger partial charge in [-0.2, -0.15) is 0 Å². The summed E-state index contributed by atoms with van der Waals surface area (Å²) in [5, 5.41) is 11.9. The quantitative estimate of drug-likeness (QED) is 0.216. The zero-order valence-corrected chi connectivity index (χ0v) is 21.1. The molecule has 9 heteroatoms. The lowest BCUT2D eigenvalue weighted by atomic mass is 10.1. The third kappa shape index (κ3) is 7.19. The summed E-state index contributed by atoms with van der Waals surface area (Å²) in [5.74, 6) is 0.960. The summed E-state index contributed by atoms with van der Waals surface area (Å²) >= 11 is 1.27. The number of nitrogens with zero attached hydrogens (tertiary/aromatic N) is 3. The van der Waals surface area contributed by atoms with Crippen molar-refractivity contribution in [2.24, 2.45) is 0 Å². The molecule has 1 heterocycles. The Morgan fingerprint density at radius 2 is 1.89 bits per heavy atom. The molecule has 35 heavy (non-hydrogen) atoms. The van der Waals surface area contributed by atoms with E-state index in [0.717, 1.165) is 23.3 Å². The van der Waals surface area contributed by atoms with Gasteiger partial charge >= 0.3 is 5.97 Å². The SMILES string of the molecule is C=CCn1c(COc2c(C)cccc2C)nnc1SCC(=O)Nc1cccc(C(=O)OCCC)c1. The summed E-state index contributed by atoms with van der Waals surface area (Å²) in [6.45, 7) is 10.8. The van der Waals surface area contributed by atoms with Crippen molar-refractivity contribution >= 4 is 29.3 Å². The number of para-hydroxylation sites is 1. The molecule has 0 aliphatic heterocycles. The highest BCUT2D eigenvalue weighted by molar-refractivity contribution is 7.99. The van der Waals surface area contributed by atoms with Crippen molar-refractivity contribution in [3.63, 3.8) is 0 Å². The van der Waals surface area contributed by atoms with Gasteiger partial charge in [0.1, 0.15) is 12.4 Å². The fourth-order valence-corrected chi connectivity index (χ4v) is 4.10. The number of carbonyl (C=O) groups excluding carboxylic acids is 2. The lowest BCUT2D eigenvalue weighted by Gasteiger charge is -2.12. The largest absolute Gasteiger partial charge is 0.485 e. The molecule has 3 aromatic rings. The highest BCUT2D eigenvalue weighted by Crippen LogP contribution is 2.24. The second kappa shape index (κ2) is 12.8. The topological polar surface area (TPSA) is 95.3 Å². The van der Waals surface area contributed by atoms with Crippen LogP contribution in [-0.2, 0) is 22.7 Å². The molecule has 184 valence electrons. The minimum atomic E-state index is -0.412. The molecule has 0 aliphatic rings. The predicted molar refractivity (Wildman–Crippen MR) is 137 cm³/mol. The van der Waals surface area contributed by atoms with Crippen molar-refractivity contribution in [2.45, 2.75) is 45.5 Å². The maximum Gasteiger partial charge on any atom is 0.338 e. The molecule has 1 aromatic heterocycles. The fourth-order valence-electron chi connectivity index (χ4n) is 3.34. The number of aromatic nitrogens is 3. The Hall–Kier alpha value is -3.59. The van der Waals surface area contributed by atoms with E-state index in [1.54, 1.807) is 30.3 Å². The molecule has 0 spiro atoms. The Labute approximate surface area is 209 Å². The molecule has 0 bridgehead atoms. The number of esters is 1. The molecule has 0 atom stereocenters. The average Bonchev–Trinajstić information content (AvgIpc) is 3.22. The average molecular weight is 495 g/mol. The molecule has 3 rings (SSSR count). The number of hydrogen-bond acceptors (Lipinski definition) is 7. The number of allylic oxidation sites excluding steroid dienone is 1. The summed E-state index contributed by atoms with van der Waals surface area (Å²) in [7, 11) is 0. The Balaban J connectivity index is 1.61. The fraction of sp³-hybridized carbons (Fsp3) is 0.308. The van der Waals surface area contributed by atoms with E-state index in [2.05, 4.69) is 22.1 Å². The Morgan fingerprint density at radius 3 is 2.60 bits per heavy atom. The Bertz CT molecular complexity index is 1170. The van der Waals surface area contributed by atoms with Crippen LogP contribution in [0.25, 0.3) is 0 Å². The van der Waals surface area contributed by atoms with Crippen molar-refractivity contribution in [3.8, 4) is 5.75 Å². The summed E-state index contributed by atoms with van der Waals surface area (Å²) in [4.78, 5) is 24.6. The molecule has 0 unspecified atom stereocenters. The van der Waals surface area contributed by atoms with E-state index < -0.39 is 5.97 Å². The minimum absolute atomic E-state index is 0.123. The number of benzene rings is 2. The molecule has 0 radical (unpaired) electrons. The predicted octanol–water partition coefficient (Wildman–Crippen LogP) is 4.96. The standard InChI is InChI=1S/C26H30N4O4S/c1-5-13-30-22(16-34-24-18(3)9-7-10-19(24)4)28-29-26(30)35-17-23(31)27-21-12-8-11-20(15-21)25(32)33-14-6-2/h5,7-12,15H,1,6,13-14,16-17H2,2-4H3,(H,27,31). The number of anilines is 1. The summed E-state index contributed by atoms with van der Waals surface area (Å²) in [6.07, 6.45) is 2.49. The second-order valence-electron chi connectivity index (χ2n) is 7.86. The highest BCUT2D eigenvalue weighted by atomic mass is 32.2. The van der Waals surface area contributed by atoms with Gasteiger partial charge < -0.3 is 14.8 Å². The van der Waals surface area contributed by atoms with Crippen molar-refractivity contribution in [2.75, 3.05) is 17.7 Å². The van der Waals surface area contributed by atoms with E-state index in [1.807, 2.05) is 43.5 Å². The van der Waals surface area contributed by atoms with Gasteiger partial charge in [-0.1, -0.05) is 49.0 Å². The zero-order chi connectivity index (χ0) is 25.2. The first kappa shape index (κ1) is 26.0. The van der Waals surface area contributed by atoms with E-state index in [-0.39, 0.29) is 18.3 Å². The van der Waals surface area contributed by atoms with Gasteiger partial charge in [-0.25, -0.2) is 4.79 Å². The number of aryl methyl sites for hydroxylation is 2. The number of hydrogen-bond donors (Lipinski definition) is 1. The van der Waals surface area contributed by atoms with Crippen LogP contribution in [-0.4, -0.2) is 39.0 Å². The van der Waals surface area contributed by atoms with Gasteiger partial charge in [-0.05, 0) is 49.6 Å². The van der Waals surface area contributed by atoms with Gasteiger partial charge in [0, 0.05) is 12.2 Å². The first-order chi connectivity index (χ1) is 16.9. The number of ether oxygens (including phenoxy) is 2. The highest BCUT2D eigenvalue weighted by Gasteiger charge is 2.16. The normalized spacial score (nSPS) is 10.6. The Morgan fingerprint density at radius 1 is 1.14 bits per heavy atom. The zero-order valence-electron chi connectivity index (χ0n) is 20.2. The first-order valence-electron chi connectivity index (χ1n) is 11.3. The second-order valence-corrected chi connectivity index (χ2v) is 8.80. The Kier molecular flexibility index (Phi) is 9.48. The van der Waals surface area contributed by atoms with Gasteiger partial charge in [0.25, 0.3) is 0 Å². The summed E-state index contributed by atoms with van der Waals surface area (Å²) < 4.78 is 13.1. The molecular weight excluding hydrogens is 464 g/mol. The van der Waals surface area contributed by atoms with Crippen molar-refractivity contribution in [3.05, 3.63) is 77.6 Å². The number of amides is 1. The minimum Gasteiger partial charge on any atom is -0.485 e. The maximum absolute atomic E-state index is 12.6.